The summed E-state index contributed by atoms with van der Waals surface area (Å²) >= 11 is 1.36. The van der Waals surface area contributed by atoms with E-state index in [9.17, 15) is 24.1 Å². The predicted molar refractivity (Wildman–Crippen MR) is 134 cm³/mol. The molecule has 0 aromatic heterocycles. The zero-order valence-corrected chi connectivity index (χ0v) is 20.0. The van der Waals surface area contributed by atoms with Gasteiger partial charge in [-0.25, -0.2) is 4.39 Å². The largest absolute Gasteiger partial charge is 0.357 e. The quantitative estimate of drug-likeness (QED) is 0.315. The lowest BCUT2D eigenvalue weighted by molar-refractivity contribution is -0.384. The SMILES string of the molecule is CNC(=O)[C@H](Cc1ccccc1)N(Cc1ccc(F)cc1)C(=O)CSCc1ccc([N+](=O)[O-])cc1. The molecule has 0 bridgehead atoms. The third kappa shape index (κ3) is 7.65. The van der Waals surface area contributed by atoms with E-state index in [0.29, 0.717) is 17.7 Å². The summed E-state index contributed by atoms with van der Waals surface area (Å²) in [5, 5.41) is 13.5. The lowest BCUT2D eigenvalue weighted by Crippen LogP contribution is -2.50. The molecule has 0 saturated carbocycles. The number of hydrogen-bond donors (Lipinski definition) is 1. The lowest BCUT2D eigenvalue weighted by atomic mass is 10.0. The minimum absolute atomic E-state index is 0.00892. The van der Waals surface area contributed by atoms with Crippen molar-refractivity contribution in [1.82, 2.24) is 10.2 Å². The molecule has 0 heterocycles. The number of nitro groups is 1. The number of halogens is 1. The van der Waals surface area contributed by atoms with Gasteiger partial charge in [0, 0.05) is 37.9 Å². The van der Waals surface area contributed by atoms with Gasteiger partial charge in [-0.05, 0) is 28.8 Å². The number of carbonyl (C=O) groups excluding carboxylic acids is 2. The Morgan fingerprint density at radius 1 is 0.971 bits per heavy atom. The summed E-state index contributed by atoms with van der Waals surface area (Å²) in [4.78, 5) is 38.1. The fourth-order valence-electron chi connectivity index (χ4n) is 3.56. The molecule has 1 N–H and O–H groups in total. The van der Waals surface area contributed by atoms with Gasteiger partial charge in [0.25, 0.3) is 5.69 Å². The van der Waals surface area contributed by atoms with E-state index in [-0.39, 0.29) is 35.6 Å². The number of carbonyl (C=O) groups is 2. The smallest absolute Gasteiger partial charge is 0.269 e. The van der Waals surface area contributed by atoms with E-state index in [1.165, 1.54) is 48.0 Å². The summed E-state index contributed by atoms with van der Waals surface area (Å²) in [5.41, 5.74) is 2.49. The number of benzene rings is 3. The van der Waals surface area contributed by atoms with E-state index in [1.54, 1.807) is 24.3 Å². The summed E-state index contributed by atoms with van der Waals surface area (Å²) in [6.45, 7) is 0.155. The van der Waals surface area contributed by atoms with Crippen molar-refractivity contribution in [3.8, 4) is 0 Å². The standard InChI is InChI=1S/C26H26FN3O4S/c1-28-26(32)24(15-19-5-3-2-4-6-19)29(16-20-7-11-22(27)12-8-20)25(31)18-35-17-21-9-13-23(14-10-21)30(33)34/h2-14,24H,15-18H2,1H3,(H,28,32)/t24-/m0/s1. The van der Waals surface area contributed by atoms with E-state index in [1.807, 2.05) is 30.3 Å². The van der Waals surface area contributed by atoms with Gasteiger partial charge in [-0.3, -0.25) is 19.7 Å². The predicted octanol–water partition coefficient (Wildman–Crippen LogP) is 4.35. The number of rotatable bonds is 11. The van der Waals surface area contributed by atoms with Crippen molar-refractivity contribution in [2.24, 2.45) is 0 Å². The average Bonchev–Trinajstić information content (AvgIpc) is 2.87. The molecular formula is C26H26FN3O4S. The van der Waals surface area contributed by atoms with Crippen LogP contribution in [-0.2, 0) is 28.3 Å². The second-order valence-corrected chi connectivity index (χ2v) is 8.87. The topological polar surface area (TPSA) is 92.6 Å². The van der Waals surface area contributed by atoms with Crippen molar-refractivity contribution < 1.29 is 18.9 Å². The molecule has 0 aliphatic carbocycles. The van der Waals surface area contributed by atoms with Gasteiger partial charge >= 0.3 is 0 Å². The van der Waals surface area contributed by atoms with Gasteiger partial charge in [-0.1, -0.05) is 54.6 Å². The van der Waals surface area contributed by atoms with Crippen molar-refractivity contribution in [2.75, 3.05) is 12.8 Å². The maximum atomic E-state index is 13.4. The van der Waals surface area contributed by atoms with E-state index >= 15 is 0 Å². The Morgan fingerprint density at radius 2 is 1.60 bits per heavy atom. The minimum atomic E-state index is -0.750. The van der Waals surface area contributed by atoms with Crippen LogP contribution in [0.5, 0.6) is 0 Å². The van der Waals surface area contributed by atoms with Crippen LogP contribution in [0.2, 0.25) is 0 Å². The first-order chi connectivity index (χ1) is 16.9. The number of thioether (sulfide) groups is 1. The summed E-state index contributed by atoms with van der Waals surface area (Å²) in [6.07, 6.45) is 0.334. The Balaban J connectivity index is 1.77. The zero-order valence-electron chi connectivity index (χ0n) is 19.2. The van der Waals surface area contributed by atoms with Crippen LogP contribution in [0.25, 0.3) is 0 Å². The summed E-state index contributed by atoms with van der Waals surface area (Å²) in [7, 11) is 1.53. The second-order valence-electron chi connectivity index (χ2n) is 7.88. The van der Waals surface area contributed by atoms with Gasteiger partial charge in [-0.2, -0.15) is 0 Å². The monoisotopic (exact) mass is 495 g/mol. The average molecular weight is 496 g/mol. The second kappa shape index (κ2) is 12.7. The van der Waals surface area contributed by atoms with E-state index in [4.69, 9.17) is 0 Å². The van der Waals surface area contributed by atoms with Gasteiger partial charge in [0.1, 0.15) is 11.9 Å². The first-order valence-corrected chi connectivity index (χ1v) is 12.1. The molecule has 182 valence electrons. The number of non-ortho nitro benzene ring substituents is 1. The van der Waals surface area contributed by atoms with Crippen molar-refractivity contribution in [1.29, 1.82) is 0 Å². The highest BCUT2D eigenvalue weighted by Crippen LogP contribution is 2.20. The molecule has 0 fully saturated rings. The molecule has 35 heavy (non-hydrogen) atoms. The fourth-order valence-corrected chi connectivity index (χ4v) is 4.43. The van der Waals surface area contributed by atoms with Gasteiger partial charge in [0.05, 0.1) is 10.7 Å². The van der Waals surface area contributed by atoms with Crippen molar-refractivity contribution in [3.05, 3.63) is 111 Å². The molecule has 0 radical (unpaired) electrons. The van der Waals surface area contributed by atoms with Crippen LogP contribution < -0.4 is 5.32 Å². The number of nitrogens with one attached hydrogen (secondary N) is 1. The van der Waals surface area contributed by atoms with E-state index in [2.05, 4.69) is 5.32 Å². The minimum Gasteiger partial charge on any atom is -0.357 e. The van der Waals surface area contributed by atoms with Crippen molar-refractivity contribution in [3.63, 3.8) is 0 Å². The maximum Gasteiger partial charge on any atom is 0.269 e. The lowest BCUT2D eigenvalue weighted by Gasteiger charge is -2.31. The fraction of sp³-hybridized carbons (Fsp3) is 0.231. The molecule has 0 aliphatic rings. The Morgan fingerprint density at radius 3 is 2.20 bits per heavy atom. The molecule has 3 aromatic carbocycles. The van der Waals surface area contributed by atoms with Crippen LogP contribution in [-0.4, -0.2) is 40.5 Å². The number of nitrogens with zero attached hydrogens (tertiary/aromatic N) is 2. The highest BCUT2D eigenvalue weighted by molar-refractivity contribution is 7.99. The molecule has 3 aromatic rings. The molecule has 0 spiro atoms. The highest BCUT2D eigenvalue weighted by atomic mass is 32.2. The Kier molecular flexibility index (Phi) is 9.37. The maximum absolute atomic E-state index is 13.4. The van der Waals surface area contributed by atoms with E-state index < -0.39 is 11.0 Å². The van der Waals surface area contributed by atoms with Gasteiger partial charge < -0.3 is 10.2 Å². The van der Waals surface area contributed by atoms with Crippen LogP contribution in [0, 0.1) is 15.9 Å². The Labute approximate surface area is 207 Å². The molecule has 7 nitrogen and oxygen atoms in total. The summed E-state index contributed by atoms with van der Waals surface area (Å²) in [6, 6.07) is 20.7. The molecule has 1 atom stereocenters. The third-order valence-electron chi connectivity index (χ3n) is 5.43. The molecule has 9 heteroatoms. The Hall–Kier alpha value is -3.72. The van der Waals surface area contributed by atoms with Gasteiger partial charge in [0.15, 0.2) is 0 Å². The van der Waals surface area contributed by atoms with Crippen LogP contribution >= 0.6 is 11.8 Å². The molecule has 0 aliphatic heterocycles. The zero-order chi connectivity index (χ0) is 25.2. The first-order valence-electron chi connectivity index (χ1n) is 11.0. The van der Waals surface area contributed by atoms with Gasteiger partial charge in [-0.15, -0.1) is 11.8 Å². The molecule has 3 rings (SSSR count). The Bertz CT molecular complexity index is 1140. The number of likely N-dealkylation sites (N-methyl/N-ethyl adjacent to an activating group) is 1. The van der Waals surface area contributed by atoms with E-state index in [0.717, 1.165) is 11.1 Å². The number of amides is 2. The van der Waals surface area contributed by atoms with Crippen LogP contribution in [0.1, 0.15) is 16.7 Å². The van der Waals surface area contributed by atoms with Crippen molar-refractivity contribution >= 4 is 29.3 Å². The molecule has 2 amide bonds. The highest BCUT2D eigenvalue weighted by Gasteiger charge is 2.29. The van der Waals surface area contributed by atoms with Gasteiger partial charge in [0.2, 0.25) is 11.8 Å². The normalized spacial score (nSPS) is 11.5. The molecule has 0 saturated heterocycles. The molecular weight excluding hydrogens is 469 g/mol. The van der Waals surface area contributed by atoms with Crippen LogP contribution in [0.15, 0.2) is 78.9 Å². The van der Waals surface area contributed by atoms with Crippen LogP contribution in [0.4, 0.5) is 10.1 Å². The number of hydrogen-bond acceptors (Lipinski definition) is 5. The van der Waals surface area contributed by atoms with Crippen molar-refractivity contribution in [2.45, 2.75) is 24.8 Å². The van der Waals surface area contributed by atoms with Crippen LogP contribution in [0.3, 0.4) is 0 Å². The summed E-state index contributed by atoms with van der Waals surface area (Å²) < 4.78 is 13.4. The first kappa shape index (κ1) is 25.9. The summed E-state index contributed by atoms with van der Waals surface area (Å²) in [5.74, 6) is -0.300. The third-order valence-corrected chi connectivity index (χ3v) is 6.41. The molecule has 0 unspecified atom stereocenters. The number of nitro benzene ring substituents is 1.